The molecule has 0 amide bonds. The van der Waals surface area contributed by atoms with Crippen molar-refractivity contribution >= 4 is 38.8 Å². The van der Waals surface area contributed by atoms with Crippen LogP contribution in [0.3, 0.4) is 0 Å². The molecule has 0 aliphatic heterocycles. The van der Waals surface area contributed by atoms with Crippen LogP contribution in [0, 0.1) is 11.8 Å². The number of para-hydroxylation sites is 2. The zero-order chi connectivity index (χ0) is 13.9. The summed E-state index contributed by atoms with van der Waals surface area (Å²) in [7, 11) is 0. The summed E-state index contributed by atoms with van der Waals surface area (Å²) in [5.41, 5.74) is 2.55. The molecular formula is C17H12O2S. The first-order valence-electron chi connectivity index (χ1n) is 6.28. The maximum atomic E-state index is 10.9. The van der Waals surface area contributed by atoms with Crippen molar-refractivity contribution in [1.29, 1.82) is 0 Å². The Morgan fingerprint density at radius 1 is 1.15 bits per heavy atom. The Balaban J connectivity index is 2.05. The van der Waals surface area contributed by atoms with Crippen molar-refractivity contribution in [2.45, 2.75) is 6.92 Å². The van der Waals surface area contributed by atoms with Gasteiger partial charge < -0.3 is 4.42 Å². The molecule has 1 heterocycles. The Kier molecular flexibility index (Phi) is 3.49. The lowest BCUT2D eigenvalue weighted by Gasteiger charge is -1.92. The molecule has 1 aromatic heterocycles. The van der Waals surface area contributed by atoms with Gasteiger partial charge in [0, 0.05) is 17.7 Å². The van der Waals surface area contributed by atoms with Gasteiger partial charge in [0.25, 0.3) is 0 Å². The van der Waals surface area contributed by atoms with Crippen molar-refractivity contribution in [2.24, 2.45) is 0 Å². The second-order valence-electron chi connectivity index (χ2n) is 4.36. The first-order valence-corrected chi connectivity index (χ1v) is 7.27. The average Bonchev–Trinajstić information content (AvgIpc) is 2.83. The Morgan fingerprint density at radius 3 is 2.80 bits per heavy atom. The molecule has 0 fully saturated rings. The number of hydrogen-bond donors (Lipinski definition) is 0. The number of rotatable bonds is 1. The normalized spacial score (nSPS) is 10.4. The van der Waals surface area contributed by atoms with Crippen molar-refractivity contribution in [2.75, 3.05) is 5.75 Å². The standard InChI is InChI=1S/C17H12O2S/c1-12(18)20-11-5-7-13-6-4-9-15-14-8-2-3-10-16(14)19-17(13)15/h2-4,6,8-10H,11H2,1H3. The summed E-state index contributed by atoms with van der Waals surface area (Å²) in [6, 6.07) is 13.9. The molecule has 0 N–H and O–H groups in total. The summed E-state index contributed by atoms with van der Waals surface area (Å²) in [5, 5.41) is 2.26. The number of carbonyl (C=O) groups is 1. The summed E-state index contributed by atoms with van der Waals surface area (Å²) in [5.74, 6) is 6.59. The minimum absolute atomic E-state index is 0.0845. The van der Waals surface area contributed by atoms with Crippen LogP contribution in [0.4, 0.5) is 0 Å². The summed E-state index contributed by atoms with van der Waals surface area (Å²) in [6.45, 7) is 1.55. The molecule has 0 atom stereocenters. The fourth-order valence-electron chi connectivity index (χ4n) is 2.11. The number of fused-ring (bicyclic) bond motifs is 3. The van der Waals surface area contributed by atoms with Crippen molar-refractivity contribution in [1.82, 2.24) is 0 Å². The number of benzene rings is 2. The zero-order valence-corrected chi connectivity index (χ0v) is 11.8. The van der Waals surface area contributed by atoms with Gasteiger partial charge in [0.2, 0.25) is 0 Å². The van der Waals surface area contributed by atoms with Crippen LogP contribution in [0.25, 0.3) is 21.9 Å². The third kappa shape index (κ3) is 2.43. The predicted octanol–water partition coefficient (Wildman–Crippen LogP) is 4.22. The first-order chi connectivity index (χ1) is 9.75. The topological polar surface area (TPSA) is 30.2 Å². The van der Waals surface area contributed by atoms with E-state index >= 15 is 0 Å². The largest absolute Gasteiger partial charge is 0.455 e. The average molecular weight is 280 g/mol. The van der Waals surface area contributed by atoms with Crippen LogP contribution in [0.2, 0.25) is 0 Å². The molecule has 0 bridgehead atoms. The van der Waals surface area contributed by atoms with Gasteiger partial charge in [-0.25, -0.2) is 0 Å². The first kappa shape index (κ1) is 12.8. The fraction of sp³-hybridized carbons (Fsp3) is 0.118. The second kappa shape index (κ2) is 5.44. The van der Waals surface area contributed by atoms with Gasteiger partial charge in [0.1, 0.15) is 5.58 Å². The molecule has 0 unspecified atom stereocenters. The number of thioether (sulfide) groups is 1. The predicted molar refractivity (Wildman–Crippen MR) is 83.7 cm³/mol. The van der Waals surface area contributed by atoms with Gasteiger partial charge in [-0.2, -0.15) is 0 Å². The number of furan rings is 1. The molecule has 20 heavy (non-hydrogen) atoms. The van der Waals surface area contributed by atoms with E-state index in [-0.39, 0.29) is 5.12 Å². The molecule has 0 saturated heterocycles. The fourth-order valence-corrected chi connectivity index (χ4v) is 2.46. The summed E-state index contributed by atoms with van der Waals surface area (Å²) in [4.78, 5) is 10.9. The SMILES string of the molecule is CC(=O)SCC#Cc1cccc2c1oc1ccccc12. The van der Waals surface area contributed by atoms with E-state index in [4.69, 9.17) is 4.42 Å². The molecule has 0 radical (unpaired) electrons. The third-order valence-electron chi connectivity index (χ3n) is 2.97. The highest BCUT2D eigenvalue weighted by atomic mass is 32.2. The molecular weight excluding hydrogens is 268 g/mol. The smallest absolute Gasteiger partial charge is 0.186 e. The van der Waals surface area contributed by atoms with Gasteiger partial charge in [0.15, 0.2) is 10.7 Å². The molecule has 2 aromatic carbocycles. The maximum Gasteiger partial charge on any atom is 0.186 e. The quantitative estimate of drug-likeness (QED) is 0.625. The van der Waals surface area contributed by atoms with Crippen LogP contribution in [-0.2, 0) is 4.79 Å². The highest BCUT2D eigenvalue weighted by Gasteiger charge is 2.08. The van der Waals surface area contributed by atoms with Crippen LogP contribution in [0.5, 0.6) is 0 Å². The van der Waals surface area contributed by atoms with E-state index in [1.54, 1.807) is 6.92 Å². The lowest BCUT2D eigenvalue weighted by atomic mass is 10.1. The van der Waals surface area contributed by atoms with Gasteiger partial charge in [-0.3, -0.25) is 4.79 Å². The highest BCUT2D eigenvalue weighted by molar-refractivity contribution is 8.13. The summed E-state index contributed by atoms with van der Waals surface area (Å²) < 4.78 is 5.89. The number of hydrogen-bond acceptors (Lipinski definition) is 3. The van der Waals surface area contributed by atoms with E-state index in [2.05, 4.69) is 11.8 Å². The van der Waals surface area contributed by atoms with Crippen LogP contribution < -0.4 is 0 Å². The Bertz CT molecular complexity index is 849. The zero-order valence-electron chi connectivity index (χ0n) is 11.0. The van der Waals surface area contributed by atoms with Crippen LogP contribution in [0.15, 0.2) is 46.9 Å². The van der Waals surface area contributed by atoms with Crippen LogP contribution >= 0.6 is 11.8 Å². The maximum absolute atomic E-state index is 10.9. The minimum Gasteiger partial charge on any atom is -0.455 e. The Morgan fingerprint density at radius 2 is 1.95 bits per heavy atom. The van der Waals surface area contributed by atoms with Gasteiger partial charge >= 0.3 is 0 Å². The minimum atomic E-state index is 0.0845. The van der Waals surface area contributed by atoms with Gasteiger partial charge in [-0.15, -0.1) is 0 Å². The second-order valence-corrected chi connectivity index (χ2v) is 5.51. The Labute approximate surface area is 121 Å². The molecule has 0 aliphatic rings. The van der Waals surface area contributed by atoms with Crippen molar-refractivity contribution in [3.8, 4) is 11.8 Å². The lowest BCUT2D eigenvalue weighted by molar-refractivity contribution is -0.109. The summed E-state index contributed by atoms with van der Waals surface area (Å²) in [6.07, 6.45) is 0. The molecule has 98 valence electrons. The molecule has 0 aliphatic carbocycles. The molecule has 2 nitrogen and oxygen atoms in total. The molecule has 3 aromatic rings. The van der Waals surface area contributed by atoms with Crippen molar-refractivity contribution in [3.63, 3.8) is 0 Å². The van der Waals surface area contributed by atoms with Crippen LogP contribution in [-0.4, -0.2) is 10.9 Å². The third-order valence-corrected chi connectivity index (χ3v) is 3.67. The van der Waals surface area contributed by atoms with Gasteiger partial charge in [-0.05, 0) is 12.1 Å². The molecule has 3 heteroatoms. The van der Waals surface area contributed by atoms with E-state index in [9.17, 15) is 4.79 Å². The van der Waals surface area contributed by atoms with E-state index in [1.165, 1.54) is 11.8 Å². The highest BCUT2D eigenvalue weighted by Crippen LogP contribution is 2.30. The van der Waals surface area contributed by atoms with E-state index in [0.717, 1.165) is 27.5 Å². The van der Waals surface area contributed by atoms with Gasteiger partial charge in [-0.1, -0.05) is 53.9 Å². The van der Waals surface area contributed by atoms with E-state index < -0.39 is 0 Å². The molecule has 0 saturated carbocycles. The Hall–Kier alpha value is -2.18. The van der Waals surface area contributed by atoms with Crippen LogP contribution in [0.1, 0.15) is 12.5 Å². The van der Waals surface area contributed by atoms with Crippen molar-refractivity contribution < 1.29 is 9.21 Å². The van der Waals surface area contributed by atoms with E-state index in [0.29, 0.717) is 5.75 Å². The number of carbonyl (C=O) groups excluding carboxylic acids is 1. The lowest BCUT2D eigenvalue weighted by Crippen LogP contribution is -1.82. The monoisotopic (exact) mass is 280 g/mol. The summed E-state index contributed by atoms with van der Waals surface area (Å²) >= 11 is 1.22. The molecule has 3 rings (SSSR count). The van der Waals surface area contributed by atoms with Crippen molar-refractivity contribution in [3.05, 3.63) is 48.0 Å². The van der Waals surface area contributed by atoms with E-state index in [1.807, 2.05) is 42.5 Å². The van der Waals surface area contributed by atoms with Gasteiger partial charge in [0.05, 0.1) is 11.3 Å². The molecule has 0 spiro atoms.